The number of carbonyl (C=O) groups is 1. The van der Waals surface area contributed by atoms with E-state index in [1.165, 1.54) is 38.5 Å². The van der Waals surface area contributed by atoms with Crippen LogP contribution >= 0.6 is 37.2 Å². The molecule has 2 N–H and O–H groups in total. The maximum Gasteiger partial charge on any atom is 0.304 e. The van der Waals surface area contributed by atoms with Crippen LogP contribution < -0.4 is 5.32 Å². The van der Waals surface area contributed by atoms with Gasteiger partial charge < -0.3 is 15.2 Å². The summed E-state index contributed by atoms with van der Waals surface area (Å²) in [4.78, 5) is 15.9. The molecular formula is C20H40Cl3N3O3. The molecule has 2 heterocycles. The number of rotatable bonds is 7. The zero-order chi connectivity index (χ0) is 18.4. The van der Waals surface area contributed by atoms with E-state index in [1.54, 1.807) is 0 Å². The number of piperidine rings is 1. The Bertz CT molecular complexity index is 440. The first-order valence-electron chi connectivity index (χ1n) is 10.6. The fourth-order valence-corrected chi connectivity index (χ4v) is 4.82. The molecule has 29 heavy (non-hydrogen) atoms. The van der Waals surface area contributed by atoms with E-state index in [1.807, 2.05) is 6.92 Å². The van der Waals surface area contributed by atoms with Gasteiger partial charge in [-0.05, 0) is 64.5 Å². The van der Waals surface area contributed by atoms with Crippen LogP contribution in [0.15, 0.2) is 0 Å². The zero-order valence-corrected chi connectivity index (χ0v) is 20.0. The average Bonchev–Trinajstić information content (AvgIpc) is 2.67. The summed E-state index contributed by atoms with van der Waals surface area (Å²) in [6.45, 7) is 9.45. The molecular weight excluding hydrogens is 437 g/mol. The molecule has 0 amide bonds. The number of aliphatic carboxylic acids is 1. The van der Waals surface area contributed by atoms with E-state index in [-0.39, 0.29) is 49.7 Å². The Morgan fingerprint density at radius 2 is 1.59 bits per heavy atom. The molecule has 1 aliphatic carbocycles. The molecule has 3 rings (SSSR count). The molecule has 1 unspecified atom stereocenters. The highest BCUT2D eigenvalue weighted by atomic mass is 35.5. The third-order valence-corrected chi connectivity index (χ3v) is 6.63. The Labute approximate surface area is 194 Å². The van der Waals surface area contributed by atoms with E-state index in [4.69, 9.17) is 9.84 Å². The van der Waals surface area contributed by atoms with Crippen LogP contribution in [0.1, 0.15) is 51.9 Å². The number of carboxylic acids is 1. The van der Waals surface area contributed by atoms with Crippen molar-refractivity contribution in [1.29, 1.82) is 0 Å². The minimum atomic E-state index is -0.692. The van der Waals surface area contributed by atoms with Crippen LogP contribution in [-0.2, 0) is 9.53 Å². The second-order valence-electron chi connectivity index (χ2n) is 8.48. The van der Waals surface area contributed by atoms with Crippen LogP contribution in [0.4, 0.5) is 0 Å². The standard InChI is InChI=1S/C20H37N3O3.3ClH/c1-16(14-20(24)25)22-10-12-23(13-11-22)18-2-4-19(5-3-18)26-15-17-6-8-21-9-7-17;;;/h16-19,21H,2-15H2,1H3,(H,24,25);3*1H. The number of piperazine rings is 1. The fraction of sp³-hybridized carbons (Fsp3) is 0.950. The van der Waals surface area contributed by atoms with Gasteiger partial charge in [-0.3, -0.25) is 14.6 Å². The lowest BCUT2D eigenvalue weighted by Gasteiger charge is -2.43. The van der Waals surface area contributed by atoms with Gasteiger partial charge in [0.1, 0.15) is 0 Å². The average molecular weight is 477 g/mol. The summed E-state index contributed by atoms with van der Waals surface area (Å²) >= 11 is 0. The van der Waals surface area contributed by atoms with Crippen molar-refractivity contribution in [2.75, 3.05) is 45.9 Å². The molecule has 3 aliphatic rings. The number of nitrogens with zero attached hydrogens (tertiary/aromatic N) is 2. The van der Waals surface area contributed by atoms with Gasteiger partial charge >= 0.3 is 5.97 Å². The maximum atomic E-state index is 10.9. The lowest BCUT2D eigenvalue weighted by molar-refractivity contribution is -0.138. The van der Waals surface area contributed by atoms with Crippen LogP contribution in [0.2, 0.25) is 0 Å². The molecule has 0 spiro atoms. The lowest BCUT2D eigenvalue weighted by atomic mass is 9.91. The monoisotopic (exact) mass is 475 g/mol. The van der Waals surface area contributed by atoms with Crippen LogP contribution in [0, 0.1) is 5.92 Å². The first-order chi connectivity index (χ1) is 12.6. The SMILES string of the molecule is CC(CC(=O)O)N1CCN(C2CCC(OCC3CCNCC3)CC2)CC1.Cl.Cl.Cl. The molecule has 1 saturated carbocycles. The second kappa shape index (κ2) is 15.1. The molecule has 0 aromatic rings. The first-order valence-corrected chi connectivity index (χ1v) is 10.6. The third-order valence-electron chi connectivity index (χ3n) is 6.63. The van der Waals surface area contributed by atoms with Crippen molar-refractivity contribution in [2.45, 2.75) is 70.1 Å². The summed E-state index contributed by atoms with van der Waals surface area (Å²) in [5.41, 5.74) is 0. The van der Waals surface area contributed by atoms with Gasteiger partial charge in [-0.1, -0.05) is 0 Å². The highest BCUT2D eigenvalue weighted by Crippen LogP contribution is 2.27. The molecule has 0 radical (unpaired) electrons. The van der Waals surface area contributed by atoms with E-state index in [9.17, 15) is 4.79 Å². The Hall–Kier alpha value is 0.180. The smallest absolute Gasteiger partial charge is 0.304 e. The molecule has 0 aromatic heterocycles. The summed E-state index contributed by atoms with van der Waals surface area (Å²) in [7, 11) is 0. The van der Waals surface area contributed by atoms with Crippen LogP contribution in [0.5, 0.6) is 0 Å². The predicted octanol–water partition coefficient (Wildman–Crippen LogP) is 3.06. The molecule has 9 heteroatoms. The largest absolute Gasteiger partial charge is 0.481 e. The van der Waals surface area contributed by atoms with Gasteiger partial charge in [-0.25, -0.2) is 0 Å². The van der Waals surface area contributed by atoms with Crippen molar-refractivity contribution in [3.8, 4) is 0 Å². The topological polar surface area (TPSA) is 65.0 Å². The predicted molar refractivity (Wildman–Crippen MR) is 124 cm³/mol. The Kier molecular flexibility index (Phi) is 15.2. The van der Waals surface area contributed by atoms with Crippen LogP contribution in [0.25, 0.3) is 0 Å². The van der Waals surface area contributed by atoms with Gasteiger partial charge in [0.2, 0.25) is 0 Å². The molecule has 0 bridgehead atoms. The number of hydrogen-bond acceptors (Lipinski definition) is 5. The molecule has 2 aliphatic heterocycles. The molecule has 2 saturated heterocycles. The number of hydrogen-bond donors (Lipinski definition) is 2. The fourth-order valence-electron chi connectivity index (χ4n) is 4.82. The minimum Gasteiger partial charge on any atom is -0.481 e. The molecule has 6 nitrogen and oxygen atoms in total. The van der Waals surface area contributed by atoms with Gasteiger partial charge in [0.05, 0.1) is 12.5 Å². The summed E-state index contributed by atoms with van der Waals surface area (Å²) in [5.74, 6) is 0.0672. The Balaban J connectivity index is 0.00000261. The summed E-state index contributed by atoms with van der Waals surface area (Å²) < 4.78 is 6.23. The van der Waals surface area contributed by atoms with E-state index < -0.39 is 5.97 Å². The summed E-state index contributed by atoms with van der Waals surface area (Å²) in [6, 6.07) is 0.847. The molecule has 3 fully saturated rings. The maximum absolute atomic E-state index is 10.9. The Morgan fingerprint density at radius 3 is 2.14 bits per heavy atom. The highest BCUT2D eigenvalue weighted by Gasteiger charge is 2.30. The van der Waals surface area contributed by atoms with Crippen LogP contribution in [-0.4, -0.2) is 84.9 Å². The van der Waals surface area contributed by atoms with Crippen molar-refractivity contribution in [3.63, 3.8) is 0 Å². The Morgan fingerprint density at radius 1 is 1.00 bits per heavy atom. The van der Waals surface area contributed by atoms with Gasteiger partial charge in [-0.15, -0.1) is 37.2 Å². The quantitative estimate of drug-likeness (QED) is 0.589. The number of carboxylic acid groups (broad SMARTS) is 1. The van der Waals surface area contributed by atoms with E-state index >= 15 is 0 Å². The lowest BCUT2D eigenvalue weighted by Crippen LogP contribution is -2.53. The van der Waals surface area contributed by atoms with Crippen molar-refractivity contribution in [1.82, 2.24) is 15.1 Å². The van der Waals surface area contributed by atoms with Crippen molar-refractivity contribution >= 4 is 43.2 Å². The normalized spacial score (nSPS) is 27.8. The summed E-state index contributed by atoms with van der Waals surface area (Å²) in [5, 5.41) is 12.4. The molecule has 0 aromatic carbocycles. The first kappa shape index (κ1) is 29.2. The van der Waals surface area contributed by atoms with Crippen molar-refractivity contribution in [3.05, 3.63) is 0 Å². The number of nitrogens with one attached hydrogen (secondary N) is 1. The number of halogens is 3. The van der Waals surface area contributed by atoms with Gasteiger partial charge in [0.25, 0.3) is 0 Å². The van der Waals surface area contributed by atoms with E-state index in [0.29, 0.717) is 12.1 Å². The third kappa shape index (κ3) is 9.46. The van der Waals surface area contributed by atoms with Gasteiger partial charge in [0, 0.05) is 44.9 Å². The molecule has 174 valence electrons. The van der Waals surface area contributed by atoms with E-state index in [2.05, 4.69) is 15.1 Å². The van der Waals surface area contributed by atoms with Crippen molar-refractivity contribution < 1.29 is 14.6 Å². The van der Waals surface area contributed by atoms with E-state index in [0.717, 1.165) is 51.8 Å². The summed E-state index contributed by atoms with van der Waals surface area (Å²) in [6.07, 6.45) is 8.15. The highest BCUT2D eigenvalue weighted by molar-refractivity contribution is 5.86. The minimum absolute atomic E-state index is 0. The van der Waals surface area contributed by atoms with Crippen LogP contribution in [0.3, 0.4) is 0 Å². The molecule has 1 atom stereocenters. The van der Waals surface area contributed by atoms with Gasteiger partial charge in [-0.2, -0.15) is 0 Å². The second-order valence-corrected chi connectivity index (χ2v) is 8.48. The zero-order valence-electron chi connectivity index (χ0n) is 17.6. The van der Waals surface area contributed by atoms with Gasteiger partial charge in [0.15, 0.2) is 0 Å². The number of ether oxygens (including phenoxy) is 1. The van der Waals surface area contributed by atoms with Crippen molar-refractivity contribution in [2.24, 2.45) is 5.92 Å².